The standard InChI is InChI=1S/C14H14BrF2NS/c1-3-18-13(14-8(2)6-7-19-14)9-4-5-10(16)12(17)11(9)15/h4-7,13,18H,3H2,1-2H3. The Bertz CT molecular complexity index is 583. The zero-order chi connectivity index (χ0) is 14.0. The van der Waals surface area contributed by atoms with Crippen LogP contribution in [0.5, 0.6) is 0 Å². The van der Waals surface area contributed by atoms with Crippen molar-refractivity contribution in [2.24, 2.45) is 0 Å². The van der Waals surface area contributed by atoms with Crippen molar-refractivity contribution in [1.82, 2.24) is 5.32 Å². The van der Waals surface area contributed by atoms with Crippen molar-refractivity contribution in [3.05, 3.63) is 55.7 Å². The molecule has 2 aromatic rings. The molecule has 5 heteroatoms. The van der Waals surface area contributed by atoms with Crippen LogP contribution in [-0.4, -0.2) is 6.54 Å². The molecular weight excluding hydrogens is 332 g/mol. The molecule has 0 aliphatic rings. The van der Waals surface area contributed by atoms with Crippen LogP contribution < -0.4 is 5.32 Å². The number of rotatable bonds is 4. The summed E-state index contributed by atoms with van der Waals surface area (Å²) in [5.74, 6) is -1.68. The molecule has 19 heavy (non-hydrogen) atoms. The fraction of sp³-hybridized carbons (Fsp3) is 0.286. The van der Waals surface area contributed by atoms with E-state index in [2.05, 4.69) is 21.2 Å². The van der Waals surface area contributed by atoms with E-state index in [-0.39, 0.29) is 10.5 Å². The zero-order valence-electron chi connectivity index (χ0n) is 10.6. The van der Waals surface area contributed by atoms with E-state index >= 15 is 0 Å². The molecule has 0 amide bonds. The van der Waals surface area contributed by atoms with E-state index < -0.39 is 11.6 Å². The quantitative estimate of drug-likeness (QED) is 0.785. The maximum Gasteiger partial charge on any atom is 0.173 e. The second kappa shape index (κ2) is 6.11. The van der Waals surface area contributed by atoms with Gasteiger partial charge in [0.15, 0.2) is 11.6 Å². The highest BCUT2D eigenvalue weighted by Gasteiger charge is 2.22. The van der Waals surface area contributed by atoms with Gasteiger partial charge in [-0.3, -0.25) is 0 Å². The van der Waals surface area contributed by atoms with E-state index in [4.69, 9.17) is 0 Å². The van der Waals surface area contributed by atoms with E-state index in [1.54, 1.807) is 17.4 Å². The lowest BCUT2D eigenvalue weighted by atomic mass is 10.0. The summed E-state index contributed by atoms with van der Waals surface area (Å²) in [6, 6.07) is 4.69. The van der Waals surface area contributed by atoms with E-state index in [1.165, 1.54) is 6.07 Å². The van der Waals surface area contributed by atoms with Crippen molar-refractivity contribution in [2.45, 2.75) is 19.9 Å². The Morgan fingerprint density at radius 3 is 2.63 bits per heavy atom. The van der Waals surface area contributed by atoms with Crippen LogP contribution in [0.15, 0.2) is 28.1 Å². The highest BCUT2D eigenvalue weighted by molar-refractivity contribution is 9.10. The van der Waals surface area contributed by atoms with Crippen LogP contribution >= 0.6 is 27.3 Å². The molecule has 1 nitrogen and oxygen atoms in total. The van der Waals surface area contributed by atoms with E-state index in [9.17, 15) is 8.78 Å². The Morgan fingerprint density at radius 1 is 1.32 bits per heavy atom. The fourth-order valence-electron chi connectivity index (χ4n) is 1.99. The monoisotopic (exact) mass is 345 g/mol. The largest absolute Gasteiger partial charge is 0.306 e. The molecular formula is C14H14BrF2NS. The van der Waals surface area contributed by atoms with Gasteiger partial charge in [0.25, 0.3) is 0 Å². The number of aryl methyl sites for hydroxylation is 1. The third-order valence-electron chi connectivity index (χ3n) is 2.95. The Hall–Kier alpha value is -0.780. The molecule has 1 atom stereocenters. The maximum atomic E-state index is 13.7. The van der Waals surface area contributed by atoms with E-state index in [0.29, 0.717) is 5.56 Å². The zero-order valence-corrected chi connectivity index (χ0v) is 13.0. The van der Waals surface area contributed by atoms with Crippen molar-refractivity contribution >= 4 is 27.3 Å². The number of thiophene rings is 1. The highest BCUT2D eigenvalue weighted by Crippen LogP contribution is 2.35. The number of halogens is 3. The van der Waals surface area contributed by atoms with Crippen molar-refractivity contribution in [3.8, 4) is 0 Å². The SMILES string of the molecule is CCNC(c1ccc(F)c(F)c1Br)c1sccc1C. The van der Waals surface area contributed by atoms with Gasteiger partial charge in [-0.05, 0) is 58.0 Å². The topological polar surface area (TPSA) is 12.0 Å². The van der Waals surface area contributed by atoms with Crippen molar-refractivity contribution in [1.29, 1.82) is 0 Å². The molecule has 1 N–H and O–H groups in total. The number of nitrogens with one attached hydrogen (secondary N) is 1. The van der Waals surface area contributed by atoms with Crippen molar-refractivity contribution < 1.29 is 8.78 Å². The minimum Gasteiger partial charge on any atom is -0.306 e. The van der Waals surface area contributed by atoms with Gasteiger partial charge < -0.3 is 5.32 Å². The average molecular weight is 346 g/mol. The Balaban J connectivity index is 2.52. The first-order valence-electron chi connectivity index (χ1n) is 5.97. The predicted molar refractivity (Wildman–Crippen MR) is 78.6 cm³/mol. The molecule has 102 valence electrons. The van der Waals surface area contributed by atoms with Gasteiger partial charge in [-0.2, -0.15) is 0 Å². The molecule has 0 aliphatic carbocycles. The molecule has 2 rings (SSSR count). The van der Waals surface area contributed by atoms with Crippen LogP contribution in [0.1, 0.15) is 29.0 Å². The molecule has 0 spiro atoms. The molecule has 1 heterocycles. The van der Waals surface area contributed by atoms with Gasteiger partial charge in [-0.15, -0.1) is 11.3 Å². The summed E-state index contributed by atoms with van der Waals surface area (Å²) in [7, 11) is 0. The average Bonchev–Trinajstić information content (AvgIpc) is 2.80. The smallest absolute Gasteiger partial charge is 0.173 e. The lowest BCUT2D eigenvalue weighted by Gasteiger charge is -2.20. The second-order valence-electron chi connectivity index (χ2n) is 4.22. The van der Waals surface area contributed by atoms with Crippen LogP contribution in [0, 0.1) is 18.6 Å². The van der Waals surface area contributed by atoms with E-state index in [1.807, 2.05) is 25.3 Å². The van der Waals surface area contributed by atoms with Crippen LogP contribution in [0.25, 0.3) is 0 Å². The van der Waals surface area contributed by atoms with Crippen molar-refractivity contribution in [3.63, 3.8) is 0 Å². The molecule has 0 radical (unpaired) electrons. The highest BCUT2D eigenvalue weighted by atomic mass is 79.9. The molecule has 1 aromatic heterocycles. The summed E-state index contributed by atoms with van der Waals surface area (Å²) in [5.41, 5.74) is 1.86. The number of hydrogen-bond acceptors (Lipinski definition) is 2. The van der Waals surface area contributed by atoms with Gasteiger partial charge in [0.05, 0.1) is 10.5 Å². The summed E-state index contributed by atoms with van der Waals surface area (Å²) in [6.07, 6.45) is 0. The first kappa shape index (κ1) is 14.6. The molecule has 0 saturated heterocycles. The van der Waals surface area contributed by atoms with E-state index in [0.717, 1.165) is 17.0 Å². The van der Waals surface area contributed by atoms with Gasteiger partial charge in [0, 0.05) is 4.88 Å². The van der Waals surface area contributed by atoms with Crippen LogP contribution in [0.2, 0.25) is 0 Å². The minimum absolute atomic E-state index is 0.130. The summed E-state index contributed by atoms with van der Waals surface area (Å²) < 4.78 is 27.1. The first-order chi connectivity index (χ1) is 9.06. The molecule has 1 unspecified atom stereocenters. The predicted octanol–water partition coefficient (Wildman–Crippen LogP) is 4.80. The Kier molecular flexibility index (Phi) is 4.71. The lowest BCUT2D eigenvalue weighted by molar-refractivity contribution is 0.499. The summed E-state index contributed by atoms with van der Waals surface area (Å²) >= 11 is 4.77. The van der Waals surface area contributed by atoms with Gasteiger partial charge in [-0.1, -0.05) is 13.0 Å². The van der Waals surface area contributed by atoms with Crippen LogP contribution in [0.3, 0.4) is 0 Å². The van der Waals surface area contributed by atoms with Gasteiger partial charge in [-0.25, -0.2) is 8.78 Å². The third-order valence-corrected chi connectivity index (χ3v) is 4.84. The van der Waals surface area contributed by atoms with Gasteiger partial charge in [0.2, 0.25) is 0 Å². The third kappa shape index (κ3) is 2.88. The molecule has 0 bridgehead atoms. The van der Waals surface area contributed by atoms with Crippen molar-refractivity contribution in [2.75, 3.05) is 6.54 Å². The number of hydrogen-bond donors (Lipinski definition) is 1. The summed E-state index contributed by atoms with van der Waals surface area (Å²) in [4.78, 5) is 1.12. The lowest BCUT2D eigenvalue weighted by Crippen LogP contribution is -2.22. The minimum atomic E-state index is -0.839. The molecule has 0 aliphatic heterocycles. The Morgan fingerprint density at radius 2 is 2.05 bits per heavy atom. The first-order valence-corrected chi connectivity index (χ1v) is 7.64. The molecule has 0 saturated carbocycles. The molecule has 1 aromatic carbocycles. The van der Waals surface area contributed by atoms with Gasteiger partial charge >= 0.3 is 0 Å². The Labute approximate surface area is 123 Å². The number of benzene rings is 1. The summed E-state index contributed by atoms with van der Waals surface area (Å²) in [6.45, 7) is 4.75. The normalized spacial score (nSPS) is 12.7. The fourth-order valence-corrected chi connectivity index (χ4v) is 3.56. The van der Waals surface area contributed by atoms with Crippen LogP contribution in [0.4, 0.5) is 8.78 Å². The second-order valence-corrected chi connectivity index (χ2v) is 5.96. The van der Waals surface area contributed by atoms with Gasteiger partial charge in [0.1, 0.15) is 0 Å². The maximum absolute atomic E-state index is 13.7. The van der Waals surface area contributed by atoms with Crippen LogP contribution in [-0.2, 0) is 0 Å². The summed E-state index contributed by atoms with van der Waals surface area (Å²) in [5, 5.41) is 5.32. The molecule has 0 fully saturated rings.